The van der Waals surface area contributed by atoms with Crippen molar-refractivity contribution in [3.05, 3.63) is 52.4 Å². The van der Waals surface area contributed by atoms with Crippen LogP contribution in [0.15, 0.2) is 39.9 Å². The zero-order chi connectivity index (χ0) is 14.2. The molecule has 0 saturated carbocycles. The molecule has 1 aromatic heterocycles. The van der Waals surface area contributed by atoms with Gasteiger partial charge in [0, 0.05) is 6.04 Å². The van der Waals surface area contributed by atoms with E-state index in [1.807, 2.05) is 13.0 Å². The van der Waals surface area contributed by atoms with Crippen LogP contribution in [0.4, 0.5) is 0 Å². The highest BCUT2D eigenvalue weighted by Gasteiger charge is 2.20. The van der Waals surface area contributed by atoms with Crippen LogP contribution < -0.4 is 4.72 Å². The Morgan fingerprint density at radius 1 is 1.20 bits per heavy atom. The number of thiophene rings is 1. The van der Waals surface area contributed by atoms with Crippen LogP contribution in [0.2, 0.25) is 0 Å². The second kappa shape index (κ2) is 5.31. The standard InChI is InChI=1S/C15H17NO2S2/c1-11(16-20(17,18)15-6-3-9-19-15)13-8-7-12-4-2-5-14(12)10-13/h3,6-11,16H,2,4-5H2,1H3/t11-/m0/s1. The molecule has 0 unspecified atom stereocenters. The summed E-state index contributed by atoms with van der Waals surface area (Å²) in [5.74, 6) is 0. The lowest BCUT2D eigenvalue weighted by molar-refractivity contribution is 0.569. The first-order valence-corrected chi connectivity index (χ1v) is 9.10. The molecule has 0 radical (unpaired) electrons. The number of hydrogen-bond donors (Lipinski definition) is 1. The highest BCUT2D eigenvalue weighted by Crippen LogP contribution is 2.26. The van der Waals surface area contributed by atoms with Gasteiger partial charge in [-0.05, 0) is 54.3 Å². The summed E-state index contributed by atoms with van der Waals surface area (Å²) >= 11 is 1.24. The number of benzene rings is 1. The molecular weight excluding hydrogens is 290 g/mol. The molecule has 2 aromatic rings. The summed E-state index contributed by atoms with van der Waals surface area (Å²) in [7, 11) is -3.41. The van der Waals surface area contributed by atoms with Gasteiger partial charge in [0.1, 0.15) is 4.21 Å². The highest BCUT2D eigenvalue weighted by molar-refractivity contribution is 7.91. The second-order valence-electron chi connectivity index (χ2n) is 5.16. The van der Waals surface area contributed by atoms with E-state index in [1.54, 1.807) is 17.5 Å². The van der Waals surface area contributed by atoms with Gasteiger partial charge in [-0.1, -0.05) is 24.3 Å². The molecular formula is C15H17NO2S2. The van der Waals surface area contributed by atoms with Crippen LogP contribution in [0.5, 0.6) is 0 Å². The van der Waals surface area contributed by atoms with Gasteiger partial charge in [0.05, 0.1) is 0 Å². The zero-order valence-electron chi connectivity index (χ0n) is 11.3. The minimum atomic E-state index is -3.41. The Kier molecular flexibility index (Phi) is 3.67. The van der Waals surface area contributed by atoms with Crippen LogP contribution in [0.1, 0.15) is 36.1 Å². The Morgan fingerprint density at radius 3 is 2.75 bits per heavy atom. The van der Waals surface area contributed by atoms with E-state index in [-0.39, 0.29) is 6.04 Å². The first kappa shape index (κ1) is 13.8. The molecule has 1 heterocycles. The Bertz CT molecular complexity index is 705. The van der Waals surface area contributed by atoms with Crippen molar-refractivity contribution < 1.29 is 8.42 Å². The molecule has 0 aliphatic heterocycles. The van der Waals surface area contributed by atoms with Crippen LogP contribution in [-0.2, 0) is 22.9 Å². The average molecular weight is 307 g/mol. The molecule has 3 nitrogen and oxygen atoms in total. The number of sulfonamides is 1. The third kappa shape index (κ3) is 2.66. The van der Waals surface area contributed by atoms with Crippen LogP contribution in [-0.4, -0.2) is 8.42 Å². The van der Waals surface area contributed by atoms with Gasteiger partial charge in [-0.3, -0.25) is 0 Å². The molecule has 0 fully saturated rings. The lowest BCUT2D eigenvalue weighted by Gasteiger charge is -2.15. The van der Waals surface area contributed by atoms with Crippen molar-refractivity contribution in [2.75, 3.05) is 0 Å². The van der Waals surface area contributed by atoms with Gasteiger partial charge < -0.3 is 0 Å². The third-order valence-electron chi connectivity index (χ3n) is 3.71. The van der Waals surface area contributed by atoms with Gasteiger partial charge in [0.25, 0.3) is 10.0 Å². The summed E-state index contributed by atoms with van der Waals surface area (Å²) in [5.41, 5.74) is 3.80. The third-order valence-corrected chi connectivity index (χ3v) is 6.65. The molecule has 106 valence electrons. The van der Waals surface area contributed by atoms with E-state index >= 15 is 0 Å². The molecule has 0 saturated heterocycles. The van der Waals surface area contributed by atoms with Gasteiger partial charge in [0.2, 0.25) is 0 Å². The number of fused-ring (bicyclic) bond motifs is 1. The molecule has 5 heteroatoms. The number of nitrogens with one attached hydrogen (secondary N) is 1. The van der Waals surface area contributed by atoms with Crippen LogP contribution in [0.25, 0.3) is 0 Å². The van der Waals surface area contributed by atoms with E-state index in [9.17, 15) is 8.42 Å². The molecule has 3 rings (SSSR count). The van der Waals surface area contributed by atoms with Gasteiger partial charge in [-0.2, -0.15) is 0 Å². The Morgan fingerprint density at radius 2 is 2.00 bits per heavy atom. The molecule has 1 atom stereocenters. The molecule has 0 bridgehead atoms. The fraction of sp³-hybridized carbons (Fsp3) is 0.333. The van der Waals surface area contributed by atoms with Crippen LogP contribution >= 0.6 is 11.3 Å². The fourth-order valence-corrected chi connectivity index (χ4v) is 4.88. The van der Waals surface area contributed by atoms with Crippen molar-refractivity contribution in [2.45, 2.75) is 36.4 Å². The lowest BCUT2D eigenvalue weighted by Crippen LogP contribution is -2.26. The van der Waals surface area contributed by atoms with Gasteiger partial charge >= 0.3 is 0 Å². The maximum Gasteiger partial charge on any atom is 0.250 e. The van der Waals surface area contributed by atoms with Crippen molar-refractivity contribution in [1.29, 1.82) is 0 Å². The summed E-state index contributed by atoms with van der Waals surface area (Å²) in [6.07, 6.45) is 3.45. The van der Waals surface area contributed by atoms with Crippen molar-refractivity contribution in [3.63, 3.8) is 0 Å². The first-order chi connectivity index (χ1) is 9.56. The predicted molar refractivity (Wildman–Crippen MR) is 81.5 cm³/mol. The van der Waals surface area contributed by atoms with Crippen molar-refractivity contribution in [3.8, 4) is 0 Å². The molecule has 1 aliphatic rings. The predicted octanol–water partition coefficient (Wildman–Crippen LogP) is 3.28. The molecule has 1 aliphatic carbocycles. The minimum Gasteiger partial charge on any atom is -0.206 e. The Labute approximate surface area is 123 Å². The molecule has 1 aromatic carbocycles. The van der Waals surface area contributed by atoms with Crippen molar-refractivity contribution >= 4 is 21.4 Å². The van der Waals surface area contributed by atoms with Crippen LogP contribution in [0, 0.1) is 0 Å². The minimum absolute atomic E-state index is 0.215. The normalized spacial score (nSPS) is 16.1. The smallest absolute Gasteiger partial charge is 0.206 e. The van der Waals surface area contributed by atoms with Crippen LogP contribution in [0.3, 0.4) is 0 Å². The Balaban J connectivity index is 1.81. The number of hydrogen-bond acceptors (Lipinski definition) is 3. The summed E-state index contributed by atoms with van der Waals surface area (Å²) in [6.45, 7) is 1.89. The average Bonchev–Trinajstić information content (AvgIpc) is 3.09. The lowest BCUT2D eigenvalue weighted by atomic mass is 10.0. The largest absolute Gasteiger partial charge is 0.250 e. The summed E-state index contributed by atoms with van der Waals surface area (Å²) in [4.78, 5) is 0. The van der Waals surface area contributed by atoms with Gasteiger partial charge in [-0.25, -0.2) is 13.1 Å². The zero-order valence-corrected chi connectivity index (χ0v) is 12.9. The fourth-order valence-electron chi connectivity index (χ4n) is 2.64. The first-order valence-electron chi connectivity index (χ1n) is 6.74. The SMILES string of the molecule is C[C@H](NS(=O)(=O)c1cccs1)c1ccc2c(c1)CCC2. The molecule has 20 heavy (non-hydrogen) atoms. The van der Waals surface area contributed by atoms with E-state index in [4.69, 9.17) is 0 Å². The molecule has 1 N–H and O–H groups in total. The maximum atomic E-state index is 12.2. The second-order valence-corrected chi connectivity index (χ2v) is 8.05. The number of rotatable bonds is 4. The van der Waals surface area contributed by atoms with E-state index in [0.29, 0.717) is 4.21 Å². The van der Waals surface area contributed by atoms with Gasteiger partial charge in [0.15, 0.2) is 0 Å². The van der Waals surface area contributed by atoms with E-state index in [0.717, 1.165) is 18.4 Å². The molecule has 0 spiro atoms. The van der Waals surface area contributed by atoms with Gasteiger partial charge in [-0.15, -0.1) is 11.3 Å². The quantitative estimate of drug-likeness (QED) is 0.942. The Hall–Kier alpha value is -1.17. The summed E-state index contributed by atoms with van der Waals surface area (Å²) < 4.78 is 27.5. The summed E-state index contributed by atoms with van der Waals surface area (Å²) in [6, 6.07) is 9.47. The maximum absolute atomic E-state index is 12.2. The monoisotopic (exact) mass is 307 g/mol. The molecule has 0 amide bonds. The van der Waals surface area contributed by atoms with E-state index in [1.165, 1.54) is 28.9 Å². The highest BCUT2D eigenvalue weighted by atomic mass is 32.2. The topological polar surface area (TPSA) is 46.2 Å². The number of aryl methyl sites for hydroxylation is 2. The van der Waals surface area contributed by atoms with E-state index in [2.05, 4.69) is 16.9 Å². The van der Waals surface area contributed by atoms with E-state index < -0.39 is 10.0 Å². The van der Waals surface area contributed by atoms with Crippen molar-refractivity contribution in [2.24, 2.45) is 0 Å². The van der Waals surface area contributed by atoms with Crippen molar-refractivity contribution in [1.82, 2.24) is 4.72 Å². The summed E-state index contributed by atoms with van der Waals surface area (Å²) in [5, 5.41) is 1.77.